The first kappa shape index (κ1) is 30.6. The second-order valence-corrected chi connectivity index (χ2v) is 13.7. The van der Waals surface area contributed by atoms with Gasteiger partial charge in [-0.15, -0.1) is 0 Å². The molecular formula is C41H45N2O2+. The predicted molar refractivity (Wildman–Crippen MR) is 187 cm³/mol. The zero-order valence-corrected chi connectivity index (χ0v) is 27.5. The third-order valence-electron chi connectivity index (χ3n) is 10.2. The van der Waals surface area contributed by atoms with E-state index in [0.29, 0.717) is 6.42 Å². The Bertz CT molecular complexity index is 1810. The second-order valence-electron chi connectivity index (χ2n) is 13.7. The van der Waals surface area contributed by atoms with E-state index in [2.05, 4.69) is 148 Å². The number of para-hydroxylation sites is 2. The number of allylic oxidation sites excluding steroid dienone is 8. The van der Waals surface area contributed by atoms with Crippen LogP contribution in [0.4, 0.5) is 11.4 Å². The summed E-state index contributed by atoms with van der Waals surface area (Å²) in [6.07, 6.45) is 13.2. The highest BCUT2D eigenvalue weighted by Crippen LogP contribution is 2.47. The monoisotopic (exact) mass is 597 g/mol. The van der Waals surface area contributed by atoms with Gasteiger partial charge in [0.25, 0.3) is 0 Å². The lowest BCUT2D eigenvalue weighted by Crippen LogP contribution is -2.26. The van der Waals surface area contributed by atoms with Crippen LogP contribution in [0.25, 0.3) is 5.57 Å². The molecular weight excluding hydrogens is 552 g/mol. The summed E-state index contributed by atoms with van der Waals surface area (Å²) in [7, 11) is 4.35. The van der Waals surface area contributed by atoms with E-state index in [-0.39, 0.29) is 17.3 Å². The Morgan fingerprint density at radius 2 is 1.56 bits per heavy atom. The van der Waals surface area contributed by atoms with Gasteiger partial charge < -0.3 is 10.0 Å². The van der Waals surface area contributed by atoms with Crippen molar-refractivity contribution in [1.82, 2.24) is 0 Å². The Morgan fingerprint density at radius 1 is 0.867 bits per heavy atom. The van der Waals surface area contributed by atoms with Gasteiger partial charge in [0.05, 0.1) is 5.41 Å². The molecule has 3 aliphatic rings. The van der Waals surface area contributed by atoms with Crippen molar-refractivity contribution in [3.63, 3.8) is 0 Å². The molecule has 0 amide bonds. The minimum absolute atomic E-state index is 0.0836. The van der Waals surface area contributed by atoms with Gasteiger partial charge >= 0.3 is 5.97 Å². The number of hydrogen-bond donors (Lipinski definition) is 1. The third kappa shape index (κ3) is 5.52. The first-order chi connectivity index (χ1) is 21.5. The summed E-state index contributed by atoms with van der Waals surface area (Å²) in [5.74, 6) is -0.763. The molecule has 0 atom stereocenters. The zero-order valence-electron chi connectivity index (χ0n) is 27.5. The fraction of sp³-hybridized carbons (Fsp3) is 0.317. The molecule has 0 saturated carbocycles. The number of likely N-dealkylation sites (N-methyl/N-ethyl adjacent to an activating group) is 1. The van der Waals surface area contributed by atoms with Crippen molar-refractivity contribution < 1.29 is 14.5 Å². The maximum atomic E-state index is 11.2. The van der Waals surface area contributed by atoms with Gasteiger partial charge in [-0.2, -0.15) is 4.58 Å². The number of carboxylic acid groups (broad SMARTS) is 1. The first-order valence-corrected chi connectivity index (χ1v) is 16.2. The SMILES string of the molecule is CN1/C(=C/C=C2\CCCC(/C=C/C3=[N+](C)c4ccccc4C3(C)C)=C2c2ccc(CCC(=O)O)cc2)C(C)(C)c2ccccc21. The van der Waals surface area contributed by atoms with Crippen LogP contribution in [0.5, 0.6) is 0 Å². The van der Waals surface area contributed by atoms with Crippen LogP contribution in [-0.4, -0.2) is 35.5 Å². The number of fused-ring (bicyclic) bond motifs is 2. The average Bonchev–Trinajstić information content (AvgIpc) is 3.35. The Kier molecular flexibility index (Phi) is 8.03. The lowest BCUT2D eigenvalue weighted by Gasteiger charge is -2.25. The van der Waals surface area contributed by atoms with Gasteiger partial charge in [-0.05, 0) is 85.1 Å². The van der Waals surface area contributed by atoms with Gasteiger partial charge in [0.1, 0.15) is 7.05 Å². The van der Waals surface area contributed by atoms with Gasteiger partial charge in [-0.25, -0.2) is 0 Å². The number of anilines is 1. The van der Waals surface area contributed by atoms with Crippen molar-refractivity contribution in [3.8, 4) is 0 Å². The summed E-state index contributed by atoms with van der Waals surface area (Å²) in [6, 6.07) is 26.0. The molecule has 230 valence electrons. The van der Waals surface area contributed by atoms with Crippen LogP contribution in [-0.2, 0) is 22.0 Å². The predicted octanol–water partition coefficient (Wildman–Crippen LogP) is 9.14. The molecule has 0 bridgehead atoms. The quantitative estimate of drug-likeness (QED) is 0.276. The molecule has 6 rings (SSSR count). The highest BCUT2D eigenvalue weighted by Gasteiger charge is 2.42. The molecule has 1 N–H and O–H groups in total. The molecule has 45 heavy (non-hydrogen) atoms. The number of benzene rings is 3. The van der Waals surface area contributed by atoms with Gasteiger partial charge in [0.2, 0.25) is 5.69 Å². The minimum Gasteiger partial charge on any atom is -0.481 e. The summed E-state index contributed by atoms with van der Waals surface area (Å²) in [4.78, 5) is 13.5. The van der Waals surface area contributed by atoms with Gasteiger partial charge in [-0.1, -0.05) is 86.7 Å². The van der Waals surface area contributed by atoms with Crippen LogP contribution in [0.2, 0.25) is 0 Å². The number of nitrogens with zero attached hydrogens (tertiary/aromatic N) is 2. The fourth-order valence-corrected chi connectivity index (χ4v) is 7.68. The molecule has 0 radical (unpaired) electrons. The highest BCUT2D eigenvalue weighted by atomic mass is 16.4. The number of aryl methyl sites for hydroxylation is 1. The molecule has 0 unspecified atom stereocenters. The molecule has 4 heteroatoms. The zero-order chi connectivity index (χ0) is 31.9. The smallest absolute Gasteiger partial charge is 0.303 e. The van der Waals surface area contributed by atoms with Gasteiger partial charge in [-0.3, -0.25) is 4.79 Å². The van der Waals surface area contributed by atoms with Crippen LogP contribution < -0.4 is 4.90 Å². The van der Waals surface area contributed by atoms with E-state index in [1.54, 1.807) is 0 Å². The molecule has 2 heterocycles. The topological polar surface area (TPSA) is 43.5 Å². The standard InChI is InChI=1S/C41H44N2O2/c1-40(2)32-14-7-9-16-34(32)42(5)36(40)25-23-29-12-11-13-30(39(29)31-21-18-28(19-22-31)20-27-38(44)45)24-26-37-41(3,4)33-15-8-10-17-35(33)43(37)6/h7-10,14-19,21-26H,11-13,20,27H2,1-6H3/p+1. The number of carbonyl (C=O) groups is 1. The lowest BCUT2D eigenvalue weighted by molar-refractivity contribution is -0.401. The van der Waals surface area contributed by atoms with Crippen molar-refractivity contribution in [2.75, 3.05) is 19.0 Å². The first-order valence-electron chi connectivity index (χ1n) is 16.2. The fourth-order valence-electron chi connectivity index (χ4n) is 7.68. The van der Waals surface area contributed by atoms with Crippen LogP contribution >= 0.6 is 0 Å². The molecule has 1 aliphatic carbocycles. The average molecular weight is 598 g/mol. The second kappa shape index (κ2) is 11.8. The number of carboxylic acids is 1. The summed E-state index contributed by atoms with van der Waals surface area (Å²) in [5.41, 5.74) is 13.9. The van der Waals surface area contributed by atoms with Crippen molar-refractivity contribution >= 4 is 28.6 Å². The van der Waals surface area contributed by atoms with E-state index in [1.807, 2.05) is 0 Å². The maximum absolute atomic E-state index is 11.2. The number of rotatable bonds is 7. The highest BCUT2D eigenvalue weighted by molar-refractivity contribution is 6.03. The van der Waals surface area contributed by atoms with E-state index < -0.39 is 5.97 Å². The van der Waals surface area contributed by atoms with E-state index in [9.17, 15) is 9.90 Å². The van der Waals surface area contributed by atoms with E-state index >= 15 is 0 Å². The lowest BCUT2D eigenvalue weighted by atomic mass is 9.79. The minimum atomic E-state index is -0.763. The third-order valence-corrected chi connectivity index (χ3v) is 10.2. The van der Waals surface area contributed by atoms with Crippen molar-refractivity contribution in [2.45, 2.75) is 70.6 Å². The molecule has 3 aromatic carbocycles. The van der Waals surface area contributed by atoms with Crippen molar-refractivity contribution in [3.05, 3.63) is 136 Å². The van der Waals surface area contributed by atoms with Crippen LogP contribution in [0.15, 0.2) is 114 Å². The summed E-state index contributed by atoms with van der Waals surface area (Å²) >= 11 is 0. The van der Waals surface area contributed by atoms with E-state index in [4.69, 9.17) is 0 Å². The molecule has 3 aromatic rings. The van der Waals surface area contributed by atoms with Crippen LogP contribution in [0.3, 0.4) is 0 Å². The van der Waals surface area contributed by atoms with Crippen LogP contribution in [0, 0.1) is 0 Å². The van der Waals surface area contributed by atoms with E-state index in [1.165, 1.54) is 56.2 Å². The number of hydrogen-bond acceptors (Lipinski definition) is 2. The van der Waals surface area contributed by atoms with Gasteiger partial charge in [0.15, 0.2) is 5.71 Å². The largest absolute Gasteiger partial charge is 0.481 e. The molecule has 0 spiro atoms. The molecule has 0 fully saturated rings. The Hall–Kier alpha value is -4.44. The normalized spacial score (nSPS) is 20.4. The van der Waals surface area contributed by atoms with Crippen molar-refractivity contribution in [2.24, 2.45) is 0 Å². The Labute approximate surface area is 268 Å². The van der Waals surface area contributed by atoms with E-state index in [0.717, 1.165) is 24.8 Å². The summed E-state index contributed by atoms with van der Waals surface area (Å²) < 4.78 is 2.34. The molecule has 4 nitrogen and oxygen atoms in total. The number of aliphatic carboxylic acids is 1. The van der Waals surface area contributed by atoms with Gasteiger partial charge in [0, 0.05) is 48.0 Å². The molecule has 2 aliphatic heterocycles. The Balaban J connectivity index is 1.43. The molecule has 0 saturated heterocycles. The maximum Gasteiger partial charge on any atom is 0.303 e. The van der Waals surface area contributed by atoms with Crippen LogP contribution in [0.1, 0.15) is 75.6 Å². The summed E-state index contributed by atoms with van der Waals surface area (Å²) in [5, 5.41) is 9.19. The summed E-state index contributed by atoms with van der Waals surface area (Å²) in [6.45, 7) is 9.26. The van der Waals surface area contributed by atoms with Crippen molar-refractivity contribution in [1.29, 1.82) is 0 Å². The Morgan fingerprint density at radius 3 is 2.24 bits per heavy atom. The molecule has 0 aromatic heterocycles.